The number of nitrogens with two attached hydrogens (primary N) is 1. The van der Waals surface area contributed by atoms with Crippen LogP contribution in [0, 0.1) is 5.92 Å². The first kappa shape index (κ1) is 16.5. The fourth-order valence-electron chi connectivity index (χ4n) is 2.99. The van der Waals surface area contributed by atoms with E-state index in [-0.39, 0.29) is 12.0 Å². The molecule has 1 fully saturated rings. The summed E-state index contributed by atoms with van der Waals surface area (Å²) in [5, 5.41) is 0. The summed E-state index contributed by atoms with van der Waals surface area (Å²) in [5.74, 6) is 7.07. The molecule has 5 heteroatoms. The number of benzene rings is 1. The van der Waals surface area contributed by atoms with Gasteiger partial charge in [0.2, 0.25) is 0 Å². The van der Waals surface area contributed by atoms with Crippen molar-refractivity contribution in [2.24, 2.45) is 11.8 Å². The van der Waals surface area contributed by atoms with E-state index in [9.17, 15) is 8.42 Å². The van der Waals surface area contributed by atoms with Gasteiger partial charge in [0.05, 0.1) is 11.5 Å². The van der Waals surface area contributed by atoms with Crippen LogP contribution in [0.25, 0.3) is 0 Å². The minimum absolute atomic E-state index is 0.133. The van der Waals surface area contributed by atoms with Gasteiger partial charge in [-0.2, -0.15) is 0 Å². The quantitative estimate of drug-likeness (QED) is 0.623. The highest BCUT2D eigenvalue weighted by atomic mass is 32.2. The Hall–Kier alpha value is -0.910. The molecule has 1 aromatic rings. The summed E-state index contributed by atoms with van der Waals surface area (Å²) in [6.07, 6.45) is 2.43. The van der Waals surface area contributed by atoms with Crippen molar-refractivity contribution in [3.8, 4) is 0 Å². The van der Waals surface area contributed by atoms with Crippen LogP contribution >= 0.6 is 0 Å². The van der Waals surface area contributed by atoms with Crippen molar-refractivity contribution in [2.45, 2.75) is 45.1 Å². The van der Waals surface area contributed by atoms with Gasteiger partial charge in [-0.15, -0.1) is 0 Å². The van der Waals surface area contributed by atoms with Crippen LogP contribution in [0.1, 0.15) is 43.7 Å². The second-order valence-electron chi connectivity index (χ2n) is 6.47. The molecule has 0 aliphatic carbocycles. The van der Waals surface area contributed by atoms with Gasteiger partial charge >= 0.3 is 0 Å². The summed E-state index contributed by atoms with van der Waals surface area (Å²) in [6, 6.07) is 8.74. The Morgan fingerprint density at radius 1 is 1.29 bits per heavy atom. The number of hydrogen-bond donors (Lipinski definition) is 2. The van der Waals surface area contributed by atoms with Gasteiger partial charge in [0.1, 0.15) is 0 Å². The maximum absolute atomic E-state index is 11.5. The van der Waals surface area contributed by atoms with Crippen LogP contribution in [0.3, 0.4) is 0 Å². The van der Waals surface area contributed by atoms with Crippen LogP contribution in [0.5, 0.6) is 0 Å². The molecule has 1 aliphatic rings. The highest BCUT2D eigenvalue weighted by Crippen LogP contribution is 2.24. The summed E-state index contributed by atoms with van der Waals surface area (Å²) in [5.41, 5.74) is 5.42. The maximum atomic E-state index is 11.5. The van der Waals surface area contributed by atoms with Crippen LogP contribution in [0.4, 0.5) is 0 Å². The molecule has 21 heavy (non-hydrogen) atoms. The molecule has 0 amide bonds. The van der Waals surface area contributed by atoms with Crippen LogP contribution in [-0.2, 0) is 16.3 Å². The topological polar surface area (TPSA) is 72.2 Å². The minimum atomic E-state index is -2.81. The summed E-state index contributed by atoms with van der Waals surface area (Å²) in [4.78, 5) is 0. The van der Waals surface area contributed by atoms with Gasteiger partial charge in [0, 0.05) is 6.04 Å². The average molecular weight is 310 g/mol. The van der Waals surface area contributed by atoms with E-state index >= 15 is 0 Å². The number of hydrazine groups is 1. The van der Waals surface area contributed by atoms with E-state index in [1.807, 2.05) is 0 Å². The lowest BCUT2D eigenvalue weighted by molar-refractivity contribution is 0.408. The van der Waals surface area contributed by atoms with Gasteiger partial charge < -0.3 is 0 Å². The SMILES string of the molecule is CC(C)c1ccc(CC(CC2CCS(=O)(=O)C2)NN)cc1. The predicted octanol–water partition coefficient (Wildman–Crippen LogP) is 2.01. The molecule has 2 atom stereocenters. The Morgan fingerprint density at radius 2 is 1.95 bits per heavy atom. The molecule has 1 aliphatic heterocycles. The fourth-order valence-corrected chi connectivity index (χ4v) is 4.87. The van der Waals surface area contributed by atoms with Gasteiger partial charge in [-0.1, -0.05) is 38.1 Å². The Bertz CT molecular complexity index is 552. The molecule has 2 unspecified atom stereocenters. The van der Waals surface area contributed by atoms with E-state index in [0.29, 0.717) is 17.4 Å². The molecule has 3 N–H and O–H groups in total. The first-order valence-corrected chi connectivity index (χ1v) is 9.47. The fraction of sp³-hybridized carbons (Fsp3) is 0.625. The van der Waals surface area contributed by atoms with E-state index in [4.69, 9.17) is 5.84 Å². The molecule has 0 saturated carbocycles. The first-order valence-electron chi connectivity index (χ1n) is 7.65. The Kier molecular flexibility index (Phi) is 5.41. The number of hydrogen-bond acceptors (Lipinski definition) is 4. The van der Waals surface area contributed by atoms with Gasteiger partial charge in [0.25, 0.3) is 0 Å². The zero-order valence-electron chi connectivity index (χ0n) is 12.9. The lowest BCUT2D eigenvalue weighted by Crippen LogP contribution is -2.38. The Labute approximate surface area is 128 Å². The highest BCUT2D eigenvalue weighted by Gasteiger charge is 2.29. The molecule has 0 radical (unpaired) electrons. The molecule has 1 heterocycles. The van der Waals surface area contributed by atoms with E-state index < -0.39 is 9.84 Å². The molecular weight excluding hydrogens is 284 g/mol. The van der Waals surface area contributed by atoms with Gasteiger partial charge in [-0.05, 0) is 42.2 Å². The maximum Gasteiger partial charge on any atom is 0.150 e. The van der Waals surface area contributed by atoms with E-state index in [2.05, 4.69) is 43.5 Å². The molecule has 0 spiro atoms. The van der Waals surface area contributed by atoms with Crippen molar-refractivity contribution in [2.75, 3.05) is 11.5 Å². The normalized spacial score (nSPS) is 22.6. The Morgan fingerprint density at radius 3 is 2.43 bits per heavy atom. The smallest absolute Gasteiger partial charge is 0.150 e. The van der Waals surface area contributed by atoms with Gasteiger partial charge in [-0.25, -0.2) is 8.42 Å². The monoisotopic (exact) mass is 310 g/mol. The molecule has 4 nitrogen and oxygen atoms in total. The first-order chi connectivity index (χ1) is 9.89. The van der Waals surface area contributed by atoms with Crippen molar-refractivity contribution in [3.05, 3.63) is 35.4 Å². The zero-order chi connectivity index (χ0) is 15.5. The Balaban J connectivity index is 1.93. The van der Waals surface area contributed by atoms with Crippen LogP contribution in [-0.4, -0.2) is 26.0 Å². The average Bonchev–Trinajstić information content (AvgIpc) is 2.77. The summed E-state index contributed by atoms with van der Waals surface area (Å²) >= 11 is 0. The second-order valence-corrected chi connectivity index (χ2v) is 8.70. The number of rotatable bonds is 6. The molecular formula is C16H26N2O2S. The van der Waals surface area contributed by atoms with E-state index in [1.54, 1.807) is 0 Å². The summed E-state index contributed by atoms with van der Waals surface area (Å²) in [6.45, 7) is 4.36. The van der Waals surface area contributed by atoms with Crippen LogP contribution in [0.15, 0.2) is 24.3 Å². The van der Waals surface area contributed by atoms with Crippen LogP contribution < -0.4 is 11.3 Å². The standard InChI is InChI=1S/C16H26N2O2S/c1-12(2)15-5-3-13(4-6-15)9-16(18-17)10-14-7-8-21(19,20)11-14/h3-6,12,14,16,18H,7-11,17H2,1-2H3. The lowest BCUT2D eigenvalue weighted by Gasteiger charge is -2.19. The molecule has 1 saturated heterocycles. The number of nitrogens with one attached hydrogen (secondary N) is 1. The van der Waals surface area contributed by atoms with Crippen molar-refractivity contribution >= 4 is 9.84 Å². The minimum Gasteiger partial charge on any atom is -0.271 e. The third-order valence-electron chi connectivity index (χ3n) is 4.31. The van der Waals surface area contributed by atoms with E-state index in [1.165, 1.54) is 11.1 Å². The molecule has 1 aromatic carbocycles. The number of sulfone groups is 1. The second kappa shape index (κ2) is 6.90. The van der Waals surface area contributed by atoms with Crippen LogP contribution in [0.2, 0.25) is 0 Å². The van der Waals surface area contributed by atoms with Gasteiger partial charge in [-0.3, -0.25) is 11.3 Å². The highest BCUT2D eigenvalue weighted by molar-refractivity contribution is 7.91. The third kappa shape index (κ3) is 4.80. The van der Waals surface area contributed by atoms with Crippen molar-refractivity contribution in [1.29, 1.82) is 0 Å². The summed E-state index contributed by atoms with van der Waals surface area (Å²) in [7, 11) is -2.81. The van der Waals surface area contributed by atoms with Crippen molar-refractivity contribution in [3.63, 3.8) is 0 Å². The van der Waals surface area contributed by atoms with E-state index in [0.717, 1.165) is 19.3 Å². The van der Waals surface area contributed by atoms with Gasteiger partial charge in [0.15, 0.2) is 9.84 Å². The molecule has 118 valence electrons. The lowest BCUT2D eigenvalue weighted by atomic mass is 9.94. The largest absolute Gasteiger partial charge is 0.271 e. The van der Waals surface area contributed by atoms with Crippen molar-refractivity contribution in [1.82, 2.24) is 5.43 Å². The third-order valence-corrected chi connectivity index (χ3v) is 6.15. The molecule has 0 bridgehead atoms. The molecule has 0 aromatic heterocycles. The zero-order valence-corrected chi connectivity index (χ0v) is 13.7. The predicted molar refractivity (Wildman–Crippen MR) is 86.7 cm³/mol. The summed E-state index contributed by atoms with van der Waals surface area (Å²) < 4.78 is 23.0. The molecule has 2 rings (SSSR count). The van der Waals surface area contributed by atoms with Crippen molar-refractivity contribution < 1.29 is 8.42 Å².